The minimum Gasteiger partial charge on any atom is -0.305 e. The van der Waals surface area contributed by atoms with Crippen molar-refractivity contribution in [3.8, 4) is 0 Å². The monoisotopic (exact) mass is 312 g/mol. The van der Waals surface area contributed by atoms with Crippen LogP contribution in [0.4, 0.5) is 14.9 Å². The van der Waals surface area contributed by atoms with Crippen LogP contribution in [0.5, 0.6) is 0 Å². The van der Waals surface area contributed by atoms with Crippen molar-refractivity contribution in [1.82, 2.24) is 15.5 Å². The van der Waals surface area contributed by atoms with E-state index in [1.165, 1.54) is 41.3 Å². The van der Waals surface area contributed by atoms with Crippen molar-refractivity contribution in [2.75, 3.05) is 11.1 Å². The lowest BCUT2D eigenvalue weighted by Gasteiger charge is -2.06. The molecule has 3 amide bonds. The molecule has 0 unspecified atom stereocenters. The highest BCUT2D eigenvalue weighted by molar-refractivity contribution is 8.01. The molecule has 0 aliphatic carbocycles. The number of nitrogens with one attached hydrogen (secondary N) is 2. The van der Waals surface area contributed by atoms with Gasteiger partial charge in [-0.3, -0.25) is 10.1 Å². The van der Waals surface area contributed by atoms with Gasteiger partial charge in [0.05, 0.1) is 11.4 Å². The summed E-state index contributed by atoms with van der Waals surface area (Å²) in [6.07, 6.45) is 0. The van der Waals surface area contributed by atoms with Crippen molar-refractivity contribution < 1.29 is 14.0 Å². The molecule has 0 spiro atoms. The van der Waals surface area contributed by atoms with E-state index in [0.717, 1.165) is 0 Å². The van der Waals surface area contributed by atoms with Gasteiger partial charge < -0.3 is 5.32 Å². The Kier molecular flexibility index (Phi) is 5.02. The number of amides is 3. The lowest BCUT2D eigenvalue weighted by molar-refractivity contribution is -0.117. The quantitative estimate of drug-likeness (QED) is 0.845. The van der Waals surface area contributed by atoms with E-state index in [4.69, 9.17) is 0 Å². The standard InChI is InChI=1S/C11H9FN4O2S2/c12-7-3-1-2-4-8(7)14-10(18)15-9(17)5-19-11-16-13-6-20-11/h1-4,6H,5H2,(H2,14,15,17,18). The van der Waals surface area contributed by atoms with Crippen LogP contribution in [0.1, 0.15) is 0 Å². The van der Waals surface area contributed by atoms with Crippen LogP contribution in [0.15, 0.2) is 34.1 Å². The Bertz CT molecular complexity index is 606. The van der Waals surface area contributed by atoms with E-state index in [0.29, 0.717) is 4.34 Å². The first-order valence-corrected chi connectivity index (χ1v) is 7.26. The molecule has 0 radical (unpaired) electrons. The number of thioether (sulfide) groups is 1. The summed E-state index contributed by atoms with van der Waals surface area (Å²) in [5, 5.41) is 11.7. The predicted molar refractivity (Wildman–Crippen MR) is 74.2 cm³/mol. The number of hydrogen-bond acceptors (Lipinski definition) is 6. The number of anilines is 1. The summed E-state index contributed by atoms with van der Waals surface area (Å²) in [7, 11) is 0. The van der Waals surface area contributed by atoms with E-state index in [1.807, 2.05) is 0 Å². The third-order valence-electron chi connectivity index (χ3n) is 2.04. The maximum atomic E-state index is 13.3. The first-order chi connectivity index (χ1) is 9.65. The molecule has 0 saturated heterocycles. The second-order valence-corrected chi connectivity index (χ2v) is 5.53. The summed E-state index contributed by atoms with van der Waals surface area (Å²) in [6, 6.07) is 4.91. The average Bonchev–Trinajstić information content (AvgIpc) is 2.92. The van der Waals surface area contributed by atoms with E-state index in [2.05, 4.69) is 20.8 Å². The van der Waals surface area contributed by atoms with Crippen LogP contribution in [0.25, 0.3) is 0 Å². The van der Waals surface area contributed by atoms with Gasteiger partial charge in [0.15, 0.2) is 4.34 Å². The van der Waals surface area contributed by atoms with Crippen molar-refractivity contribution in [3.63, 3.8) is 0 Å². The summed E-state index contributed by atoms with van der Waals surface area (Å²) in [5.41, 5.74) is 1.56. The number of aromatic nitrogens is 2. The summed E-state index contributed by atoms with van der Waals surface area (Å²) in [4.78, 5) is 23.0. The zero-order valence-electron chi connectivity index (χ0n) is 10.00. The normalized spacial score (nSPS) is 10.1. The second-order valence-electron chi connectivity index (χ2n) is 3.48. The van der Waals surface area contributed by atoms with Crippen molar-refractivity contribution in [2.45, 2.75) is 4.34 Å². The molecule has 2 aromatic rings. The van der Waals surface area contributed by atoms with Crippen LogP contribution in [-0.4, -0.2) is 27.9 Å². The molecule has 1 aromatic heterocycles. The van der Waals surface area contributed by atoms with Crippen LogP contribution >= 0.6 is 23.1 Å². The molecule has 9 heteroatoms. The number of carbonyl (C=O) groups is 2. The molecular weight excluding hydrogens is 303 g/mol. The Balaban J connectivity index is 1.79. The maximum absolute atomic E-state index is 13.3. The Hall–Kier alpha value is -2.00. The van der Waals surface area contributed by atoms with Gasteiger partial charge >= 0.3 is 6.03 Å². The number of imide groups is 1. The lowest BCUT2D eigenvalue weighted by atomic mass is 10.3. The molecule has 20 heavy (non-hydrogen) atoms. The van der Waals surface area contributed by atoms with Gasteiger partial charge in [-0.15, -0.1) is 10.2 Å². The molecular formula is C11H9FN4O2S2. The summed E-state index contributed by atoms with van der Waals surface area (Å²) >= 11 is 2.46. The first kappa shape index (κ1) is 14.4. The smallest absolute Gasteiger partial charge is 0.305 e. The van der Waals surface area contributed by atoms with Gasteiger partial charge in [-0.1, -0.05) is 35.2 Å². The molecule has 6 nitrogen and oxygen atoms in total. The molecule has 2 N–H and O–H groups in total. The molecule has 0 aliphatic heterocycles. The third kappa shape index (κ3) is 4.28. The van der Waals surface area contributed by atoms with Gasteiger partial charge in [-0.2, -0.15) is 0 Å². The molecule has 0 fully saturated rings. The SMILES string of the molecule is O=C(CSc1nncs1)NC(=O)Nc1ccccc1F. The molecule has 0 aliphatic rings. The van der Waals surface area contributed by atoms with Crippen LogP contribution in [0.2, 0.25) is 0 Å². The second kappa shape index (κ2) is 6.96. The molecule has 104 valence electrons. The highest BCUT2D eigenvalue weighted by atomic mass is 32.2. The molecule has 0 saturated carbocycles. The van der Waals surface area contributed by atoms with Gasteiger partial charge in [0.1, 0.15) is 11.3 Å². The molecule has 0 bridgehead atoms. The van der Waals surface area contributed by atoms with Crippen LogP contribution in [0, 0.1) is 5.82 Å². The highest BCUT2D eigenvalue weighted by Gasteiger charge is 2.11. The van der Waals surface area contributed by atoms with Crippen molar-refractivity contribution >= 4 is 40.7 Å². The summed E-state index contributed by atoms with van der Waals surface area (Å²) in [6.45, 7) is 0. The zero-order valence-corrected chi connectivity index (χ0v) is 11.6. The molecule has 1 heterocycles. The summed E-state index contributed by atoms with van der Waals surface area (Å²) in [5.74, 6) is -1.04. The van der Waals surface area contributed by atoms with Crippen LogP contribution in [-0.2, 0) is 4.79 Å². The predicted octanol–water partition coefficient (Wildman–Crippen LogP) is 2.12. The maximum Gasteiger partial charge on any atom is 0.325 e. The average molecular weight is 312 g/mol. The Morgan fingerprint density at radius 3 is 2.85 bits per heavy atom. The van der Waals surface area contributed by atoms with Crippen LogP contribution < -0.4 is 10.6 Å². The van der Waals surface area contributed by atoms with Crippen molar-refractivity contribution in [3.05, 3.63) is 35.6 Å². The van der Waals surface area contributed by atoms with Gasteiger partial charge in [-0.05, 0) is 12.1 Å². The van der Waals surface area contributed by atoms with Crippen molar-refractivity contribution in [1.29, 1.82) is 0 Å². The van der Waals surface area contributed by atoms with Gasteiger partial charge in [-0.25, -0.2) is 9.18 Å². The molecule has 2 rings (SSSR count). The number of rotatable bonds is 4. The molecule has 1 aromatic carbocycles. The van der Waals surface area contributed by atoms with E-state index in [-0.39, 0.29) is 11.4 Å². The zero-order chi connectivity index (χ0) is 14.4. The van der Waals surface area contributed by atoms with Gasteiger partial charge in [0.2, 0.25) is 5.91 Å². The van der Waals surface area contributed by atoms with Gasteiger partial charge in [0.25, 0.3) is 0 Å². The fourth-order valence-electron chi connectivity index (χ4n) is 1.23. The lowest BCUT2D eigenvalue weighted by Crippen LogP contribution is -2.35. The topological polar surface area (TPSA) is 84.0 Å². The van der Waals surface area contributed by atoms with Crippen molar-refractivity contribution in [2.24, 2.45) is 0 Å². The van der Waals surface area contributed by atoms with E-state index in [1.54, 1.807) is 11.6 Å². The van der Waals surface area contributed by atoms with Crippen LogP contribution in [0.3, 0.4) is 0 Å². The number of urea groups is 1. The Morgan fingerprint density at radius 2 is 2.15 bits per heavy atom. The van der Waals surface area contributed by atoms with E-state index < -0.39 is 17.8 Å². The largest absolute Gasteiger partial charge is 0.325 e. The fraction of sp³-hybridized carbons (Fsp3) is 0.0909. The number of para-hydroxylation sites is 1. The minimum absolute atomic E-state index is 0.00887. The Morgan fingerprint density at radius 1 is 1.35 bits per heavy atom. The number of nitrogens with zero attached hydrogens (tertiary/aromatic N) is 2. The number of halogens is 1. The van der Waals surface area contributed by atoms with E-state index >= 15 is 0 Å². The highest BCUT2D eigenvalue weighted by Crippen LogP contribution is 2.18. The van der Waals surface area contributed by atoms with Gasteiger partial charge in [0, 0.05) is 0 Å². The fourth-order valence-corrected chi connectivity index (χ4v) is 2.52. The number of benzene rings is 1. The summed E-state index contributed by atoms with van der Waals surface area (Å²) < 4.78 is 13.9. The van der Waals surface area contributed by atoms with E-state index in [9.17, 15) is 14.0 Å². The minimum atomic E-state index is -0.780. The Labute approximate surface area is 121 Å². The number of hydrogen-bond donors (Lipinski definition) is 2. The number of carbonyl (C=O) groups excluding carboxylic acids is 2. The molecule has 0 atom stereocenters. The first-order valence-electron chi connectivity index (χ1n) is 5.39. The third-order valence-corrected chi connectivity index (χ3v) is 3.90.